The van der Waals surface area contributed by atoms with Crippen molar-refractivity contribution in [2.24, 2.45) is 5.73 Å². The molecule has 1 aliphatic heterocycles. The van der Waals surface area contributed by atoms with Crippen molar-refractivity contribution in [1.82, 2.24) is 0 Å². The number of amides is 1. The Kier molecular flexibility index (Phi) is 3.03. The van der Waals surface area contributed by atoms with Crippen LogP contribution in [0.4, 0.5) is 0 Å². The summed E-state index contributed by atoms with van der Waals surface area (Å²) >= 11 is 1.43. The summed E-state index contributed by atoms with van der Waals surface area (Å²) < 4.78 is 24.5. The highest BCUT2D eigenvalue weighted by atomic mass is 32.2. The van der Waals surface area contributed by atoms with Gasteiger partial charge in [0.1, 0.15) is 0 Å². The average Bonchev–Trinajstić information content (AvgIpc) is 2.25. The van der Waals surface area contributed by atoms with E-state index in [2.05, 4.69) is 6.58 Å². The molecule has 96 valence electrons. The number of thioether (sulfide) groups is 1. The van der Waals surface area contributed by atoms with Gasteiger partial charge < -0.3 is 5.73 Å². The third-order valence-corrected chi connectivity index (χ3v) is 6.42. The van der Waals surface area contributed by atoms with Crippen LogP contribution < -0.4 is 5.73 Å². The van der Waals surface area contributed by atoms with Crippen LogP contribution in [0, 0.1) is 6.92 Å². The van der Waals surface area contributed by atoms with Gasteiger partial charge in [-0.2, -0.15) is 0 Å². The highest BCUT2D eigenvalue weighted by Crippen LogP contribution is 2.43. The smallest absolute Gasteiger partial charge is 0.249 e. The molecule has 2 N–H and O–H groups in total. The lowest BCUT2D eigenvalue weighted by atomic mass is 10.1. The summed E-state index contributed by atoms with van der Waals surface area (Å²) in [4.78, 5) is 12.2. The van der Waals surface area contributed by atoms with Crippen molar-refractivity contribution in [1.29, 1.82) is 0 Å². The molecule has 0 bridgehead atoms. The van der Waals surface area contributed by atoms with Crippen LogP contribution in [-0.2, 0) is 9.84 Å². The first-order valence-corrected chi connectivity index (χ1v) is 7.66. The van der Waals surface area contributed by atoms with Crippen LogP contribution in [0.25, 0.3) is 0 Å². The molecule has 1 heterocycles. The van der Waals surface area contributed by atoms with Gasteiger partial charge in [0.2, 0.25) is 15.7 Å². The molecule has 0 spiro atoms. The van der Waals surface area contributed by atoms with E-state index in [1.807, 2.05) is 0 Å². The first-order valence-electron chi connectivity index (χ1n) is 5.30. The van der Waals surface area contributed by atoms with E-state index in [0.717, 1.165) is 0 Å². The second-order valence-corrected chi connectivity index (χ2v) is 7.56. The summed E-state index contributed by atoms with van der Waals surface area (Å²) in [6.45, 7) is 7.15. The normalized spacial score (nSPS) is 21.4. The first kappa shape index (κ1) is 13.2. The molecule has 4 nitrogen and oxygen atoms in total. The third kappa shape index (κ3) is 1.85. The maximum absolute atomic E-state index is 12.2. The van der Waals surface area contributed by atoms with Crippen LogP contribution in [0.1, 0.15) is 22.8 Å². The van der Waals surface area contributed by atoms with E-state index in [0.29, 0.717) is 10.5 Å². The van der Waals surface area contributed by atoms with Crippen LogP contribution in [-0.4, -0.2) is 19.6 Å². The van der Waals surface area contributed by atoms with Gasteiger partial charge in [-0.25, -0.2) is 8.42 Å². The zero-order chi connectivity index (χ0) is 13.7. The lowest BCUT2D eigenvalue weighted by Gasteiger charge is -2.24. The van der Waals surface area contributed by atoms with E-state index in [9.17, 15) is 13.2 Å². The maximum Gasteiger partial charge on any atom is 0.249 e. The number of rotatable bonds is 1. The van der Waals surface area contributed by atoms with E-state index in [4.69, 9.17) is 5.73 Å². The fourth-order valence-corrected chi connectivity index (χ4v) is 5.09. The van der Waals surface area contributed by atoms with Crippen molar-refractivity contribution in [2.45, 2.75) is 28.9 Å². The van der Waals surface area contributed by atoms with Crippen molar-refractivity contribution < 1.29 is 13.2 Å². The Morgan fingerprint density at radius 1 is 1.44 bits per heavy atom. The van der Waals surface area contributed by atoms with Crippen molar-refractivity contribution >= 4 is 27.5 Å². The number of carbonyl (C=O) groups is 1. The predicted molar refractivity (Wildman–Crippen MR) is 71.3 cm³/mol. The molecule has 6 heteroatoms. The molecule has 0 saturated heterocycles. The number of hydrogen-bond donors (Lipinski definition) is 1. The lowest BCUT2D eigenvalue weighted by molar-refractivity contribution is 0.0999. The van der Waals surface area contributed by atoms with Crippen LogP contribution in [0.3, 0.4) is 0 Å². The fourth-order valence-electron chi connectivity index (χ4n) is 1.85. The molecule has 1 aromatic carbocycles. The van der Waals surface area contributed by atoms with Crippen molar-refractivity contribution in [3.05, 3.63) is 34.7 Å². The minimum Gasteiger partial charge on any atom is -0.366 e. The molecule has 0 aliphatic carbocycles. The van der Waals surface area contributed by atoms with Gasteiger partial charge in [0.15, 0.2) is 0 Å². The maximum atomic E-state index is 12.2. The molecule has 1 aliphatic rings. The van der Waals surface area contributed by atoms with E-state index in [1.54, 1.807) is 19.9 Å². The Balaban J connectivity index is 2.77. The quantitative estimate of drug-likeness (QED) is 0.853. The molecule has 2 rings (SSSR count). The van der Waals surface area contributed by atoms with Crippen molar-refractivity contribution in [2.75, 3.05) is 0 Å². The summed E-state index contributed by atoms with van der Waals surface area (Å²) in [6.07, 6.45) is 0. The van der Waals surface area contributed by atoms with Gasteiger partial charge in [0.25, 0.3) is 0 Å². The predicted octanol–water partition coefficient (Wildman–Crippen LogP) is 1.88. The second kappa shape index (κ2) is 4.13. The summed E-state index contributed by atoms with van der Waals surface area (Å²) in [5.41, 5.74) is 6.16. The first-order chi connectivity index (χ1) is 8.25. The zero-order valence-corrected chi connectivity index (χ0v) is 11.7. The van der Waals surface area contributed by atoms with Crippen LogP contribution in [0.15, 0.2) is 33.4 Å². The molecular formula is C12H13NO3S2. The molecular weight excluding hydrogens is 270 g/mol. The number of primary amides is 1. The monoisotopic (exact) mass is 283 g/mol. The summed E-state index contributed by atoms with van der Waals surface area (Å²) in [6, 6.07) is 3.05. The van der Waals surface area contributed by atoms with Gasteiger partial charge in [0, 0.05) is 15.7 Å². The van der Waals surface area contributed by atoms with E-state index in [1.165, 1.54) is 17.8 Å². The minimum atomic E-state index is -3.57. The van der Waals surface area contributed by atoms with Crippen LogP contribution in [0.2, 0.25) is 0 Å². The summed E-state index contributed by atoms with van der Waals surface area (Å²) in [5, 5.41) is -0.193. The Morgan fingerprint density at radius 3 is 2.61 bits per heavy atom. The molecule has 1 aromatic rings. The average molecular weight is 283 g/mol. The molecule has 0 radical (unpaired) electrons. The highest BCUT2D eigenvalue weighted by Gasteiger charge is 2.33. The molecule has 1 atom stereocenters. The largest absolute Gasteiger partial charge is 0.366 e. The Morgan fingerprint density at radius 2 is 2.06 bits per heavy atom. The number of benzene rings is 1. The van der Waals surface area contributed by atoms with E-state index < -0.39 is 15.7 Å². The summed E-state index contributed by atoms with van der Waals surface area (Å²) in [7, 11) is -3.57. The number of nitrogens with two attached hydrogens (primary N) is 1. The van der Waals surface area contributed by atoms with Gasteiger partial charge >= 0.3 is 0 Å². The highest BCUT2D eigenvalue weighted by molar-refractivity contribution is 8.05. The summed E-state index contributed by atoms with van der Waals surface area (Å²) in [5.74, 6) is -0.625. The SMILES string of the molecule is C=C1C(C)Sc2cc(C)c(C(N)=O)cc2S1(=O)=O. The molecule has 18 heavy (non-hydrogen) atoms. The van der Waals surface area contributed by atoms with Crippen molar-refractivity contribution in [3.8, 4) is 0 Å². The fraction of sp³-hybridized carbons (Fsp3) is 0.250. The molecule has 1 unspecified atom stereocenters. The third-order valence-electron chi connectivity index (χ3n) is 2.95. The Labute approximate surface area is 110 Å². The number of aryl methyl sites for hydroxylation is 1. The van der Waals surface area contributed by atoms with Gasteiger partial charge in [-0.3, -0.25) is 4.79 Å². The molecule has 0 aromatic heterocycles. The van der Waals surface area contributed by atoms with Crippen LogP contribution >= 0.6 is 11.8 Å². The second-order valence-electron chi connectivity index (χ2n) is 4.21. The van der Waals surface area contributed by atoms with Gasteiger partial charge in [-0.15, -0.1) is 11.8 Å². The van der Waals surface area contributed by atoms with E-state index >= 15 is 0 Å². The number of sulfone groups is 1. The minimum absolute atomic E-state index is 0.134. The lowest BCUT2D eigenvalue weighted by Crippen LogP contribution is -2.21. The number of hydrogen-bond acceptors (Lipinski definition) is 4. The zero-order valence-electron chi connectivity index (χ0n) is 10.1. The van der Waals surface area contributed by atoms with Crippen molar-refractivity contribution in [3.63, 3.8) is 0 Å². The van der Waals surface area contributed by atoms with E-state index in [-0.39, 0.29) is 20.6 Å². The van der Waals surface area contributed by atoms with Gasteiger partial charge in [-0.1, -0.05) is 6.58 Å². The molecule has 1 amide bonds. The van der Waals surface area contributed by atoms with Gasteiger partial charge in [-0.05, 0) is 31.5 Å². The van der Waals surface area contributed by atoms with Crippen LogP contribution in [0.5, 0.6) is 0 Å². The topological polar surface area (TPSA) is 77.2 Å². The number of carbonyl (C=O) groups excluding carboxylic acids is 1. The number of fused-ring (bicyclic) bond motifs is 1. The Bertz CT molecular complexity index is 662. The molecule has 0 fully saturated rings. The molecule has 0 saturated carbocycles. The van der Waals surface area contributed by atoms with Gasteiger partial charge in [0.05, 0.1) is 9.80 Å². The standard InChI is InChI=1S/C12H13NO3S2/c1-6-4-10-11(5-9(6)12(13)14)18(15,16)8(3)7(2)17-10/h4-5,7H,3H2,1-2H3,(H2,13,14). The Hall–Kier alpha value is -1.27.